The first-order valence-electron chi connectivity index (χ1n) is 9.59. The second-order valence-electron chi connectivity index (χ2n) is 6.82. The molecule has 0 spiro atoms. The Morgan fingerprint density at radius 1 is 1.22 bits per heavy atom. The van der Waals surface area contributed by atoms with Crippen LogP contribution in [0.25, 0.3) is 0 Å². The number of carbonyl (C=O) groups is 1. The molecule has 1 aliphatic rings. The molecule has 2 N–H and O–H groups in total. The minimum Gasteiger partial charge on any atom is -0.486 e. The molecular weight excluding hydrogens is 425 g/mol. The van der Waals surface area contributed by atoms with Gasteiger partial charge in [-0.05, 0) is 37.1 Å². The fraction of sp³-hybridized carbons (Fsp3) is 0.217. The fourth-order valence-corrected chi connectivity index (χ4v) is 3.33. The van der Waals surface area contributed by atoms with Gasteiger partial charge >= 0.3 is 5.97 Å². The maximum Gasteiger partial charge on any atom is 0.338 e. The first-order chi connectivity index (χ1) is 15.3. The first-order valence-corrected chi connectivity index (χ1v) is 9.59. The average Bonchev–Trinajstić information content (AvgIpc) is 2.77. The summed E-state index contributed by atoms with van der Waals surface area (Å²) in [6, 6.07) is 10.3. The molecule has 32 heavy (non-hydrogen) atoms. The second kappa shape index (κ2) is 9.47. The Morgan fingerprint density at radius 2 is 1.97 bits per heavy atom. The quantitative estimate of drug-likeness (QED) is 0.527. The molecule has 9 heteroatoms. The fourth-order valence-electron chi connectivity index (χ4n) is 3.33. The average molecular weight is 444 g/mol. The third kappa shape index (κ3) is 4.39. The van der Waals surface area contributed by atoms with E-state index >= 15 is 0 Å². The van der Waals surface area contributed by atoms with Gasteiger partial charge in [0.05, 0.1) is 18.1 Å². The van der Waals surface area contributed by atoms with Crippen LogP contribution in [0, 0.1) is 28.8 Å². The molecule has 0 saturated heterocycles. The summed E-state index contributed by atoms with van der Waals surface area (Å²) in [4.78, 5) is 12.6. The molecule has 0 fully saturated rings. The Bertz CT molecular complexity index is 1170. The third-order valence-electron chi connectivity index (χ3n) is 4.78. The van der Waals surface area contributed by atoms with E-state index in [9.17, 15) is 23.2 Å². The summed E-state index contributed by atoms with van der Waals surface area (Å²) in [5, 5.41) is 9.63. The van der Waals surface area contributed by atoms with Crippen LogP contribution in [0.4, 0.5) is 13.2 Å². The molecule has 1 atom stereocenters. The van der Waals surface area contributed by atoms with E-state index in [-0.39, 0.29) is 36.0 Å². The van der Waals surface area contributed by atoms with Gasteiger partial charge in [0.2, 0.25) is 11.7 Å². The standard InChI is InChI=1S/C23H19F3N2O4/c1-3-30-23(29)18-12(2)32-22(28)15(10-27)19(18)14-6-4-5-13(9-14)11-31-17-8-7-16(24)20(25)21(17)26/h4-9,19H,3,11,28H2,1-2H3. The van der Waals surface area contributed by atoms with Gasteiger partial charge in [-0.3, -0.25) is 0 Å². The lowest BCUT2D eigenvalue weighted by molar-refractivity contribution is -0.139. The first kappa shape index (κ1) is 22.7. The monoisotopic (exact) mass is 444 g/mol. The molecule has 3 rings (SSSR count). The van der Waals surface area contributed by atoms with Gasteiger partial charge in [0.1, 0.15) is 24.0 Å². The predicted molar refractivity (Wildman–Crippen MR) is 107 cm³/mol. The molecule has 166 valence electrons. The molecule has 0 amide bonds. The number of halogens is 3. The van der Waals surface area contributed by atoms with Crippen LogP contribution in [0.2, 0.25) is 0 Å². The van der Waals surface area contributed by atoms with E-state index in [1.165, 1.54) is 0 Å². The summed E-state index contributed by atoms with van der Waals surface area (Å²) in [5.41, 5.74) is 7.07. The summed E-state index contributed by atoms with van der Waals surface area (Å²) in [6.07, 6.45) is 0. The molecule has 1 aliphatic heterocycles. The van der Waals surface area contributed by atoms with E-state index in [0.29, 0.717) is 11.1 Å². The molecule has 0 saturated carbocycles. The van der Waals surface area contributed by atoms with Crippen LogP contribution in [0.1, 0.15) is 30.9 Å². The highest BCUT2D eigenvalue weighted by Crippen LogP contribution is 2.39. The number of nitrogens with zero attached hydrogens (tertiary/aromatic N) is 1. The summed E-state index contributed by atoms with van der Waals surface area (Å²) in [5.74, 6) is -6.27. The maximum absolute atomic E-state index is 13.9. The predicted octanol–water partition coefficient (Wildman–Crippen LogP) is 4.33. The molecule has 1 heterocycles. The number of nitriles is 1. The lowest BCUT2D eigenvalue weighted by atomic mass is 9.82. The van der Waals surface area contributed by atoms with Crippen molar-refractivity contribution >= 4 is 5.97 Å². The Balaban J connectivity index is 1.95. The Kier molecular flexibility index (Phi) is 6.73. The number of hydrogen-bond donors (Lipinski definition) is 1. The number of carbonyl (C=O) groups excluding carboxylic acids is 1. The van der Waals surface area contributed by atoms with E-state index in [4.69, 9.17) is 19.9 Å². The topological polar surface area (TPSA) is 94.6 Å². The number of rotatable bonds is 6. The number of ether oxygens (including phenoxy) is 3. The van der Waals surface area contributed by atoms with E-state index in [1.807, 2.05) is 6.07 Å². The van der Waals surface area contributed by atoms with Crippen molar-refractivity contribution in [3.63, 3.8) is 0 Å². The van der Waals surface area contributed by atoms with Gasteiger partial charge in [0.15, 0.2) is 17.4 Å². The molecule has 2 aromatic rings. The molecular formula is C23H19F3N2O4. The summed E-state index contributed by atoms with van der Waals surface area (Å²) in [6.45, 7) is 3.13. The van der Waals surface area contributed by atoms with Crippen LogP contribution in [-0.2, 0) is 20.9 Å². The van der Waals surface area contributed by atoms with Crippen molar-refractivity contribution in [3.8, 4) is 11.8 Å². The van der Waals surface area contributed by atoms with Crippen LogP contribution < -0.4 is 10.5 Å². The number of esters is 1. The molecule has 0 aliphatic carbocycles. The third-order valence-corrected chi connectivity index (χ3v) is 4.78. The van der Waals surface area contributed by atoms with Crippen molar-refractivity contribution in [1.29, 1.82) is 5.26 Å². The van der Waals surface area contributed by atoms with Gasteiger partial charge in [0, 0.05) is 0 Å². The van der Waals surface area contributed by atoms with Crippen molar-refractivity contribution in [2.45, 2.75) is 26.4 Å². The van der Waals surface area contributed by atoms with Gasteiger partial charge in [0.25, 0.3) is 0 Å². The highest BCUT2D eigenvalue weighted by molar-refractivity contribution is 5.92. The highest BCUT2D eigenvalue weighted by atomic mass is 19.2. The van der Waals surface area contributed by atoms with Crippen LogP contribution >= 0.6 is 0 Å². The summed E-state index contributed by atoms with van der Waals surface area (Å²) < 4.78 is 56.2. The van der Waals surface area contributed by atoms with E-state index in [2.05, 4.69) is 0 Å². The van der Waals surface area contributed by atoms with Gasteiger partial charge < -0.3 is 19.9 Å². The van der Waals surface area contributed by atoms with Crippen LogP contribution in [0.5, 0.6) is 5.75 Å². The summed E-state index contributed by atoms with van der Waals surface area (Å²) in [7, 11) is 0. The molecule has 2 aromatic carbocycles. The largest absolute Gasteiger partial charge is 0.486 e. The molecule has 0 bridgehead atoms. The lowest BCUT2D eigenvalue weighted by Crippen LogP contribution is -2.25. The van der Waals surface area contributed by atoms with Crippen molar-refractivity contribution in [2.75, 3.05) is 6.61 Å². The number of hydrogen-bond acceptors (Lipinski definition) is 6. The van der Waals surface area contributed by atoms with Gasteiger partial charge in [-0.1, -0.05) is 24.3 Å². The molecule has 6 nitrogen and oxygen atoms in total. The van der Waals surface area contributed by atoms with Crippen LogP contribution in [-0.4, -0.2) is 12.6 Å². The number of allylic oxidation sites excluding steroid dienone is 2. The van der Waals surface area contributed by atoms with Crippen molar-refractivity contribution in [1.82, 2.24) is 0 Å². The smallest absolute Gasteiger partial charge is 0.338 e. The van der Waals surface area contributed by atoms with E-state index < -0.39 is 35.1 Å². The minimum atomic E-state index is -1.63. The highest BCUT2D eigenvalue weighted by Gasteiger charge is 2.36. The zero-order valence-corrected chi connectivity index (χ0v) is 17.2. The van der Waals surface area contributed by atoms with Crippen molar-refractivity contribution < 1.29 is 32.2 Å². The van der Waals surface area contributed by atoms with Crippen molar-refractivity contribution in [3.05, 3.63) is 87.8 Å². The molecule has 0 aromatic heterocycles. The summed E-state index contributed by atoms with van der Waals surface area (Å²) >= 11 is 0. The Morgan fingerprint density at radius 3 is 2.66 bits per heavy atom. The van der Waals surface area contributed by atoms with E-state index in [1.54, 1.807) is 38.1 Å². The van der Waals surface area contributed by atoms with Gasteiger partial charge in [-0.25, -0.2) is 13.6 Å². The van der Waals surface area contributed by atoms with Crippen LogP contribution in [0.15, 0.2) is 59.2 Å². The maximum atomic E-state index is 13.9. The normalized spacial score (nSPS) is 15.8. The number of benzene rings is 2. The number of nitrogens with two attached hydrogens (primary N) is 1. The van der Waals surface area contributed by atoms with Crippen molar-refractivity contribution in [2.24, 2.45) is 5.73 Å². The lowest BCUT2D eigenvalue weighted by Gasteiger charge is -2.27. The zero-order chi connectivity index (χ0) is 23.4. The van der Waals surface area contributed by atoms with Gasteiger partial charge in [-0.15, -0.1) is 0 Å². The second-order valence-corrected chi connectivity index (χ2v) is 6.82. The van der Waals surface area contributed by atoms with E-state index in [0.717, 1.165) is 12.1 Å². The Hall–Kier alpha value is -3.93. The molecule has 0 radical (unpaired) electrons. The zero-order valence-electron chi connectivity index (χ0n) is 17.2. The van der Waals surface area contributed by atoms with Crippen LogP contribution in [0.3, 0.4) is 0 Å². The minimum absolute atomic E-state index is 0.0309. The SMILES string of the molecule is CCOC(=O)C1=C(C)OC(N)=C(C#N)C1c1cccc(COc2ccc(F)c(F)c2F)c1. The molecule has 1 unspecified atom stereocenters. The van der Waals surface area contributed by atoms with Gasteiger partial charge in [-0.2, -0.15) is 9.65 Å². The Labute approximate surface area is 182 Å².